The highest BCUT2D eigenvalue weighted by molar-refractivity contribution is 5.77. The predicted molar refractivity (Wildman–Crippen MR) is 83.4 cm³/mol. The van der Waals surface area contributed by atoms with E-state index in [1.165, 1.54) is 31.0 Å². The van der Waals surface area contributed by atoms with Gasteiger partial charge in [-0.2, -0.15) is 0 Å². The molecule has 0 amide bonds. The molecule has 1 atom stereocenters. The quantitative estimate of drug-likeness (QED) is 0.864. The average molecular weight is 286 g/mol. The molecule has 3 rings (SSSR count). The number of hydrogen-bond acceptors (Lipinski definition) is 4. The number of aliphatic hydroxyl groups is 2. The van der Waals surface area contributed by atoms with Gasteiger partial charge in [0, 0.05) is 6.04 Å². The third-order valence-corrected chi connectivity index (χ3v) is 4.42. The largest absolute Gasteiger partial charge is 0.502 e. The molecule has 1 aliphatic heterocycles. The molecule has 1 aromatic rings. The summed E-state index contributed by atoms with van der Waals surface area (Å²) in [4.78, 5) is 6.34. The standard InChI is InChI=1S/C17H22N2O2/c1-12-7-9-13(10-8-12)16-18-11-15(20)17(21)19(16)14-5-3-2-4-6-14/h7-11,14,16,20-21H,2-6H2,1H3. The minimum atomic E-state index is -0.246. The van der Waals surface area contributed by atoms with Gasteiger partial charge < -0.3 is 15.1 Å². The van der Waals surface area contributed by atoms with Crippen molar-refractivity contribution in [3.63, 3.8) is 0 Å². The molecule has 0 radical (unpaired) electrons. The van der Waals surface area contributed by atoms with Gasteiger partial charge in [-0.25, -0.2) is 0 Å². The van der Waals surface area contributed by atoms with Crippen molar-refractivity contribution in [1.82, 2.24) is 4.90 Å². The van der Waals surface area contributed by atoms with Crippen molar-refractivity contribution < 1.29 is 10.2 Å². The molecule has 1 aliphatic carbocycles. The van der Waals surface area contributed by atoms with Gasteiger partial charge in [-0.1, -0.05) is 49.1 Å². The van der Waals surface area contributed by atoms with E-state index in [0.29, 0.717) is 0 Å². The summed E-state index contributed by atoms with van der Waals surface area (Å²) in [5.74, 6) is -0.175. The fourth-order valence-electron chi connectivity index (χ4n) is 3.24. The molecule has 2 aliphatic rings. The Hall–Kier alpha value is -1.97. The van der Waals surface area contributed by atoms with E-state index in [2.05, 4.69) is 24.0 Å². The Kier molecular flexibility index (Phi) is 3.86. The fraction of sp³-hybridized carbons (Fsp3) is 0.471. The third-order valence-electron chi connectivity index (χ3n) is 4.42. The van der Waals surface area contributed by atoms with Gasteiger partial charge >= 0.3 is 0 Å². The van der Waals surface area contributed by atoms with Gasteiger partial charge in [0.15, 0.2) is 5.76 Å². The zero-order valence-corrected chi connectivity index (χ0v) is 12.4. The molecule has 0 spiro atoms. The van der Waals surface area contributed by atoms with Gasteiger partial charge in [0.05, 0.1) is 6.21 Å². The zero-order chi connectivity index (χ0) is 14.8. The van der Waals surface area contributed by atoms with Crippen molar-refractivity contribution in [3.8, 4) is 0 Å². The van der Waals surface area contributed by atoms with Crippen LogP contribution in [-0.4, -0.2) is 27.4 Å². The second-order valence-corrected chi connectivity index (χ2v) is 5.97. The van der Waals surface area contributed by atoms with Crippen LogP contribution in [-0.2, 0) is 0 Å². The molecule has 0 aromatic heterocycles. The van der Waals surface area contributed by atoms with Gasteiger partial charge in [0.2, 0.25) is 5.88 Å². The Morgan fingerprint density at radius 2 is 1.71 bits per heavy atom. The normalized spacial score (nSPS) is 23.7. The van der Waals surface area contributed by atoms with Crippen LogP contribution in [0.3, 0.4) is 0 Å². The first-order valence-electron chi connectivity index (χ1n) is 7.67. The summed E-state index contributed by atoms with van der Waals surface area (Å²) in [6.45, 7) is 2.05. The highest BCUT2D eigenvalue weighted by Crippen LogP contribution is 2.36. The molecular formula is C17H22N2O2. The summed E-state index contributed by atoms with van der Waals surface area (Å²) in [5, 5.41) is 20.2. The van der Waals surface area contributed by atoms with E-state index >= 15 is 0 Å². The van der Waals surface area contributed by atoms with Crippen molar-refractivity contribution in [1.29, 1.82) is 0 Å². The van der Waals surface area contributed by atoms with Crippen LogP contribution in [0.2, 0.25) is 0 Å². The predicted octanol–water partition coefficient (Wildman–Crippen LogP) is 4.00. The number of aliphatic imine (C=N–C) groups is 1. The number of nitrogens with zero attached hydrogens (tertiary/aromatic N) is 2. The van der Waals surface area contributed by atoms with Crippen LogP contribution in [0, 0.1) is 6.92 Å². The van der Waals surface area contributed by atoms with E-state index < -0.39 is 0 Å². The molecule has 0 saturated heterocycles. The zero-order valence-electron chi connectivity index (χ0n) is 12.4. The van der Waals surface area contributed by atoms with E-state index in [-0.39, 0.29) is 23.8 Å². The molecule has 21 heavy (non-hydrogen) atoms. The molecular weight excluding hydrogens is 264 g/mol. The molecule has 2 N–H and O–H groups in total. The summed E-state index contributed by atoms with van der Waals surface area (Å²) in [5.41, 5.74) is 2.24. The Labute approximate surface area is 125 Å². The van der Waals surface area contributed by atoms with Crippen LogP contribution in [0.5, 0.6) is 0 Å². The smallest absolute Gasteiger partial charge is 0.234 e. The summed E-state index contributed by atoms with van der Waals surface area (Å²) < 4.78 is 0. The topological polar surface area (TPSA) is 56.1 Å². The highest BCUT2D eigenvalue weighted by Gasteiger charge is 2.33. The first kappa shape index (κ1) is 14.0. The van der Waals surface area contributed by atoms with Gasteiger partial charge in [0.25, 0.3) is 0 Å². The number of aliphatic hydroxyl groups excluding tert-OH is 2. The van der Waals surface area contributed by atoms with Gasteiger partial charge in [0.1, 0.15) is 6.17 Å². The lowest BCUT2D eigenvalue weighted by molar-refractivity contribution is 0.0699. The molecule has 1 unspecified atom stereocenters. The SMILES string of the molecule is Cc1ccc(C2N=CC(O)=C(O)N2C2CCCCC2)cc1. The minimum absolute atomic E-state index is 0.0394. The molecule has 4 heteroatoms. The first-order valence-corrected chi connectivity index (χ1v) is 7.67. The highest BCUT2D eigenvalue weighted by atomic mass is 16.3. The van der Waals surface area contributed by atoms with Crippen molar-refractivity contribution in [2.24, 2.45) is 4.99 Å². The Morgan fingerprint density at radius 3 is 2.38 bits per heavy atom. The maximum atomic E-state index is 10.3. The number of aryl methyl sites for hydroxylation is 1. The monoisotopic (exact) mass is 286 g/mol. The average Bonchev–Trinajstić information content (AvgIpc) is 2.52. The lowest BCUT2D eigenvalue weighted by Crippen LogP contribution is -2.40. The van der Waals surface area contributed by atoms with Crippen LogP contribution >= 0.6 is 0 Å². The van der Waals surface area contributed by atoms with E-state index in [1.54, 1.807) is 0 Å². The number of allylic oxidation sites excluding steroid dienone is 1. The van der Waals surface area contributed by atoms with Crippen LogP contribution < -0.4 is 0 Å². The van der Waals surface area contributed by atoms with E-state index in [4.69, 9.17) is 0 Å². The molecule has 0 bridgehead atoms. The Balaban J connectivity index is 1.93. The maximum absolute atomic E-state index is 10.3. The molecule has 112 valence electrons. The number of hydrogen-bond donors (Lipinski definition) is 2. The van der Waals surface area contributed by atoms with E-state index in [1.807, 2.05) is 17.0 Å². The van der Waals surface area contributed by atoms with Crippen molar-refractivity contribution in [3.05, 3.63) is 47.0 Å². The summed E-state index contributed by atoms with van der Waals surface area (Å²) >= 11 is 0. The summed E-state index contributed by atoms with van der Waals surface area (Å²) in [6, 6.07) is 8.44. The second-order valence-electron chi connectivity index (χ2n) is 5.97. The van der Waals surface area contributed by atoms with Gasteiger partial charge in [-0.3, -0.25) is 4.99 Å². The molecule has 1 aromatic carbocycles. The lowest BCUT2D eigenvalue weighted by atomic mass is 9.93. The lowest BCUT2D eigenvalue weighted by Gasteiger charge is -2.40. The van der Waals surface area contributed by atoms with Crippen LogP contribution in [0.15, 0.2) is 40.9 Å². The van der Waals surface area contributed by atoms with Gasteiger partial charge in [-0.15, -0.1) is 0 Å². The van der Waals surface area contributed by atoms with Crippen molar-refractivity contribution in [2.45, 2.75) is 51.2 Å². The van der Waals surface area contributed by atoms with Crippen molar-refractivity contribution in [2.75, 3.05) is 0 Å². The molecule has 4 nitrogen and oxygen atoms in total. The van der Waals surface area contributed by atoms with Crippen LogP contribution in [0.1, 0.15) is 49.4 Å². The Morgan fingerprint density at radius 1 is 1.05 bits per heavy atom. The van der Waals surface area contributed by atoms with Crippen LogP contribution in [0.4, 0.5) is 0 Å². The summed E-state index contributed by atoms with van der Waals surface area (Å²) in [6.07, 6.45) is 6.77. The Bertz CT molecular complexity index is 557. The van der Waals surface area contributed by atoms with E-state index in [0.717, 1.165) is 18.4 Å². The summed E-state index contributed by atoms with van der Waals surface area (Å²) in [7, 11) is 0. The third kappa shape index (κ3) is 2.75. The fourth-order valence-corrected chi connectivity index (χ4v) is 3.24. The molecule has 1 fully saturated rings. The van der Waals surface area contributed by atoms with Crippen LogP contribution in [0.25, 0.3) is 0 Å². The second kappa shape index (κ2) is 5.80. The van der Waals surface area contributed by atoms with Gasteiger partial charge in [-0.05, 0) is 25.3 Å². The molecule has 1 heterocycles. The first-order chi connectivity index (χ1) is 10.2. The van der Waals surface area contributed by atoms with E-state index in [9.17, 15) is 10.2 Å². The maximum Gasteiger partial charge on any atom is 0.234 e. The minimum Gasteiger partial charge on any atom is -0.502 e. The number of benzene rings is 1. The number of rotatable bonds is 2. The van der Waals surface area contributed by atoms with Crippen molar-refractivity contribution >= 4 is 6.21 Å². The molecule has 1 saturated carbocycles.